The molecule has 0 bridgehead atoms. The Labute approximate surface area is 250 Å². The van der Waals surface area contributed by atoms with E-state index in [0.717, 1.165) is 4.90 Å². The van der Waals surface area contributed by atoms with Crippen LogP contribution in [0.4, 0.5) is 15.8 Å². The molecular weight excluding hydrogens is 584 g/mol. The molecule has 0 aliphatic carbocycles. The fraction of sp³-hybridized carbons (Fsp3) is 0.0645. The molecule has 6 nitrogen and oxygen atoms in total. The maximum atomic E-state index is 13.3. The molecule has 41 heavy (non-hydrogen) atoms. The predicted octanol–water partition coefficient (Wildman–Crippen LogP) is 7.66. The summed E-state index contributed by atoms with van der Waals surface area (Å²) in [5.41, 5.74) is 1.77. The molecule has 0 fully saturated rings. The molecule has 0 radical (unpaired) electrons. The number of nitrogens with one attached hydrogen (secondary N) is 3. The van der Waals surface area contributed by atoms with E-state index in [1.165, 1.54) is 42.1 Å². The van der Waals surface area contributed by atoms with Gasteiger partial charge in [0.1, 0.15) is 11.5 Å². The summed E-state index contributed by atoms with van der Waals surface area (Å²) in [6.45, 7) is 1.76. The minimum absolute atomic E-state index is 0.0347. The number of hydrogen-bond acceptors (Lipinski definition) is 4. The topological polar surface area (TPSA) is 87.3 Å². The van der Waals surface area contributed by atoms with Crippen LogP contribution in [0.1, 0.15) is 22.8 Å². The number of hydrogen-bond donors (Lipinski definition) is 3. The zero-order valence-electron chi connectivity index (χ0n) is 21.7. The van der Waals surface area contributed by atoms with Gasteiger partial charge in [0, 0.05) is 21.8 Å². The quantitative estimate of drug-likeness (QED) is 0.135. The summed E-state index contributed by atoms with van der Waals surface area (Å²) in [5, 5.41) is 8.30. The molecule has 4 aromatic carbocycles. The van der Waals surface area contributed by atoms with Gasteiger partial charge in [0.2, 0.25) is 5.91 Å². The first-order chi connectivity index (χ1) is 19.7. The molecule has 3 N–H and O–H groups in total. The standard InChI is InChI=1S/C31H24Cl2FN3O3S/c1-19(29(38)35-23-12-10-22(34)11-13-23)41-25-16-14-24(15-17-25)36-31(40)27(18-21-8-5-9-26(32)28(21)33)37-30(39)20-6-3-2-4-7-20/h2-19H,1H3,(H,35,38)(H,36,40)(H,37,39)/b27-18-. The third kappa shape index (κ3) is 8.44. The van der Waals surface area contributed by atoms with Crippen LogP contribution < -0.4 is 16.0 Å². The van der Waals surface area contributed by atoms with E-state index < -0.39 is 17.1 Å². The van der Waals surface area contributed by atoms with Crippen molar-refractivity contribution in [2.24, 2.45) is 0 Å². The summed E-state index contributed by atoms with van der Waals surface area (Å²) in [5.74, 6) is -1.66. The average Bonchev–Trinajstić information content (AvgIpc) is 2.97. The average molecular weight is 609 g/mol. The lowest BCUT2D eigenvalue weighted by Gasteiger charge is -2.14. The largest absolute Gasteiger partial charge is 0.325 e. The van der Waals surface area contributed by atoms with Gasteiger partial charge in [0.25, 0.3) is 11.8 Å². The van der Waals surface area contributed by atoms with Crippen molar-refractivity contribution >= 4 is 70.1 Å². The van der Waals surface area contributed by atoms with Crippen LogP contribution in [0.5, 0.6) is 0 Å². The molecule has 4 rings (SSSR count). The van der Waals surface area contributed by atoms with E-state index in [9.17, 15) is 18.8 Å². The van der Waals surface area contributed by atoms with Crippen molar-refractivity contribution in [3.63, 3.8) is 0 Å². The molecule has 1 unspecified atom stereocenters. The number of thioether (sulfide) groups is 1. The van der Waals surface area contributed by atoms with Gasteiger partial charge in [-0.1, -0.05) is 53.5 Å². The highest BCUT2D eigenvalue weighted by molar-refractivity contribution is 8.00. The lowest BCUT2D eigenvalue weighted by molar-refractivity contribution is -0.115. The molecule has 1 atom stereocenters. The van der Waals surface area contributed by atoms with Crippen LogP contribution in [0.3, 0.4) is 0 Å². The van der Waals surface area contributed by atoms with Crippen molar-refractivity contribution in [1.29, 1.82) is 0 Å². The highest BCUT2D eigenvalue weighted by Crippen LogP contribution is 2.28. The number of amides is 3. The number of rotatable bonds is 9. The van der Waals surface area contributed by atoms with Gasteiger partial charge in [-0.05, 0) is 85.3 Å². The Bertz CT molecular complexity index is 1580. The van der Waals surface area contributed by atoms with Crippen LogP contribution in [0.15, 0.2) is 108 Å². The number of anilines is 2. The van der Waals surface area contributed by atoms with Gasteiger partial charge in [0.05, 0.1) is 15.3 Å². The molecule has 0 aliphatic rings. The van der Waals surface area contributed by atoms with E-state index >= 15 is 0 Å². The van der Waals surface area contributed by atoms with Gasteiger partial charge in [0.15, 0.2) is 0 Å². The van der Waals surface area contributed by atoms with E-state index in [0.29, 0.717) is 27.5 Å². The Morgan fingerprint density at radius 3 is 2.12 bits per heavy atom. The zero-order chi connectivity index (χ0) is 29.4. The zero-order valence-corrected chi connectivity index (χ0v) is 24.0. The third-order valence-electron chi connectivity index (χ3n) is 5.72. The van der Waals surface area contributed by atoms with Crippen molar-refractivity contribution in [2.75, 3.05) is 10.6 Å². The second kappa shape index (κ2) is 14.0. The highest BCUT2D eigenvalue weighted by atomic mass is 35.5. The minimum atomic E-state index is -0.572. The first-order valence-corrected chi connectivity index (χ1v) is 14.0. The van der Waals surface area contributed by atoms with E-state index in [-0.39, 0.29) is 22.4 Å². The van der Waals surface area contributed by atoms with Gasteiger partial charge < -0.3 is 16.0 Å². The third-order valence-corrected chi connectivity index (χ3v) is 7.66. The molecule has 3 amide bonds. The maximum Gasteiger partial charge on any atom is 0.272 e. The van der Waals surface area contributed by atoms with Crippen LogP contribution in [-0.2, 0) is 9.59 Å². The van der Waals surface area contributed by atoms with Gasteiger partial charge in [-0.15, -0.1) is 11.8 Å². The monoisotopic (exact) mass is 607 g/mol. The molecule has 0 aromatic heterocycles. The fourth-order valence-electron chi connectivity index (χ4n) is 3.58. The van der Waals surface area contributed by atoms with Gasteiger partial charge in [-0.2, -0.15) is 0 Å². The second-order valence-corrected chi connectivity index (χ2v) is 11.0. The molecular formula is C31H24Cl2FN3O3S. The first kappa shape index (κ1) is 29.9. The van der Waals surface area contributed by atoms with Gasteiger partial charge >= 0.3 is 0 Å². The van der Waals surface area contributed by atoms with Crippen molar-refractivity contribution in [1.82, 2.24) is 5.32 Å². The van der Waals surface area contributed by atoms with Crippen molar-refractivity contribution in [2.45, 2.75) is 17.1 Å². The van der Waals surface area contributed by atoms with Gasteiger partial charge in [-0.3, -0.25) is 14.4 Å². The molecule has 4 aromatic rings. The summed E-state index contributed by atoms with van der Waals surface area (Å²) in [6, 6.07) is 25.9. The fourth-order valence-corrected chi connectivity index (χ4v) is 4.81. The lowest BCUT2D eigenvalue weighted by atomic mass is 10.1. The van der Waals surface area contributed by atoms with Crippen LogP contribution in [0, 0.1) is 5.82 Å². The van der Waals surface area contributed by atoms with Gasteiger partial charge in [-0.25, -0.2) is 4.39 Å². The van der Waals surface area contributed by atoms with E-state index in [1.54, 1.807) is 79.7 Å². The first-order valence-electron chi connectivity index (χ1n) is 12.4. The number of carbonyl (C=O) groups is 3. The lowest BCUT2D eigenvalue weighted by Crippen LogP contribution is -2.30. The minimum Gasteiger partial charge on any atom is -0.325 e. The Hall–Kier alpha value is -4.11. The van der Waals surface area contributed by atoms with Crippen molar-refractivity contribution in [3.05, 3.63) is 130 Å². The summed E-state index contributed by atoms with van der Waals surface area (Å²) in [7, 11) is 0. The van der Waals surface area contributed by atoms with Crippen LogP contribution >= 0.6 is 35.0 Å². The Morgan fingerprint density at radius 1 is 0.805 bits per heavy atom. The van der Waals surface area contributed by atoms with Crippen molar-refractivity contribution in [3.8, 4) is 0 Å². The Kier molecular flexibility index (Phi) is 10.2. The summed E-state index contributed by atoms with van der Waals surface area (Å²) < 4.78 is 13.1. The SMILES string of the molecule is CC(Sc1ccc(NC(=O)/C(=C/c2cccc(Cl)c2Cl)NC(=O)c2ccccc2)cc1)C(=O)Nc1ccc(F)cc1. The molecule has 0 saturated heterocycles. The molecule has 0 aliphatic heterocycles. The molecule has 0 saturated carbocycles. The number of carbonyl (C=O) groups excluding carboxylic acids is 3. The van der Waals surface area contributed by atoms with E-state index in [2.05, 4.69) is 16.0 Å². The Morgan fingerprint density at radius 2 is 1.44 bits per heavy atom. The Balaban J connectivity index is 1.45. The maximum absolute atomic E-state index is 13.3. The van der Waals surface area contributed by atoms with E-state index in [4.69, 9.17) is 23.2 Å². The van der Waals surface area contributed by atoms with Crippen LogP contribution in [0.2, 0.25) is 10.0 Å². The number of halogens is 3. The van der Waals surface area contributed by atoms with Crippen LogP contribution in [0.25, 0.3) is 6.08 Å². The molecule has 0 heterocycles. The second-order valence-electron chi connectivity index (χ2n) is 8.76. The normalized spacial score (nSPS) is 11.9. The van der Waals surface area contributed by atoms with E-state index in [1.807, 2.05) is 0 Å². The van der Waals surface area contributed by atoms with Crippen molar-refractivity contribution < 1.29 is 18.8 Å². The smallest absolute Gasteiger partial charge is 0.272 e. The molecule has 208 valence electrons. The summed E-state index contributed by atoms with van der Waals surface area (Å²) >= 11 is 13.8. The molecule has 0 spiro atoms. The predicted molar refractivity (Wildman–Crippen MR) is 164 cm³/mol. The summed E-state index contributed by atoms with van der Waals surface area (Å²) in [4.78, 5) is 39.4. The number of benzene rings is 4. The van der Waals surface area contributed by atoms with Crippen LogP contribution in [-0.4, -0.2) is 23.0 Å². The molecule has 10 heteroatoms. The highest BCUT2D eigenvalue weighted by Gasteiger charge is 2.18. The summed E-state index contributed by atoms with van der Waals surface area (Å²) in [6.07, 6.45) is 1.45.